The lowest BCUT2D eigenvalue weighted by molar-refractivity contribution is -0.123. The summed E-state index contributed by atoms with van der Waals surface area (Å²) in [6, 6.07) is 11.1. The SMILES string of the molecule is COc1ccc(N(CC(=O)NCCc2ccc(F)cc2)C(C)=O)cc1OC. The maximum atomic E-state index is 12.9. The molecule has 0 fully saturated rings. The quantitative estimate of drug-likeness (QED) is 0.771. The molecule has 2 aromatic rings. The largest absolute Gasteiger partial charge is 0.493 e. The van der Waals surface area contributed by atoms with Gasteiger partial charge in [0.05, 0.1) is 14.2 Å². The van der Waals surface area contributed by atoms with Crippen molar-refractivity contribution in [2.75, 3.05) is 32.2 Å². The normalized spacial score (nSPS) is 10.2. The number of rotatable bonds is 8. The fourth-order valence-electron chi connectivity index (χ4n) is 2.57. The van der Waals surface area contributed by atoms with Crippen LogP contribution in [0.1, 0.15) is 12.5 Å². The molecule has 0 saturated heterocycles. The molecule has 0 radical (unpaired) electrons. The van der Waals surface area contributed by atoms with Crippen LogP contribution in [0.5, 0.6) is 11.5 Å². The molecule has 1 N–H and O–H groups in total. The van der Waals surface area contributed by atoms with Gasteiger partial charge in [-0.25, -0.2) is 4.39 Å². The zero-order valence-electron chi connectivity index (χ0n) is 15.6. The molecular weight excluding hydrogens is 351 g/mol. The number of hydrogen-bond acceptors (Lipinski definition) is 4. The summed E-state index contributed by atoms with van der Waals surface area (Å²) < 4.78 is 23.3. The number of nitrogens with zero attached hydrogens (tertiary/aromatic N) is 1. The van der Waals surface area contributed by atoms with Crippen LogP contribution < -0.4 is 19.7 Å². The maximum absolute atomic E-state index is 12.9. The maximum Gasteiger partial charge on any atom is 0.240 e. The van der Waals surface area contributed by atoms with Crippen LogP contribution in [0.2, 0.25) is 0 Å². The van der Waals surface area contributed by atoms with Gasteiger partial charge in [0, 0.05) is 25.2 Å². The number of halogens is 1. The lowest BCUT2D eigenvalue weighted by Gasteiger charge is -2.22. The van der Waals surface area contributed by atoms with Crippen LogP contribution in [0, 0.1) is 5.82 Å². The molecule has 0 bridgehead atoms. The average molecular weight is 374 g/mol. The summed E-state index contributed by atoms with van der Waals surface area (Å²) in [7, 11) is 3.02. The Kier molecular flexibility index (Phi) is 7.16. The van der Waals surface area contributed by atoms with Crippen molar-refractivity contribution in [1.29, 1.82) is 0 Å². The van der Waals surface area contributed by atoms with Gasteiger partial charge in [0.1, 0.15) is 12.4 Å². The van der Waals surface area contributed by atoms with E-state index in [4.69, 9.17) is 9.47 Å². The highest BCUT2D eigenvalue weighted by molar-refractivity contribution is 5.97. The highest BCUT2D eigenvalue weighted by atomic mass is 19.1. The van der Waals surface area contributed by atoms with Crippen LogP contribution in [-0.2, 0) is 16.0 Å². The van der Waals surface area contributed by atoms with Crippen LogP contribution in [0.3, 0.4) is 0 Å². The van der Waals surface area contributed by atoms with Crippen molar-refractivity contribution in [3.63, 3.8) is 0 Å². The van der Waals surface area contributed by atoms with Gasteiger partial charge in [0.2, 0.25) is 11.8 Å². The van der Waals surface area contributed by atoms with Crippen LogP contribution >= 0.6 is 0 Å². The van der Waals surface area contributed by atoms with E-state index in [0.717, 1.165) is 5.56 Å². The number of amides is 2. The number of carbonyl (C=O) groups is 2. The first-order valence-electron chi connectivity index (χ1n) is 8.46. The van der Waals surface area contributed by atoms with Gasteiger partial charge in [-0.05, 0) is 36.2 Å². The minimum absolute atomic E-state index is 0.117. The van der Waals surface area contributed by atoms with Crippen LogP contribution in [0.15, 0.2) is 42.5 Å². The number of carbonyl (C=O) groups excluding carboxylic acids is 2. The van der Waals surface area contributed by atoms with E-state index < -0.39 is 0 Å². The molecule has 2 rings (SSSR count). The van der Waals surface area contributed by atoms with E-state index in [1.54, 1.807) is 30.3 Å². The van der Waals surface area contributed by atoms with Crippen molar-refractivity contribution in [3.05, 3.63) is 53.8 Å². The highest BCUT2D eigenvalue weighted by Gasteiger charge is 2.17. The smallest absolute Gasteiger partial charge is 0.240 e. The number of hydrogen-bond donors (Lipinski definition) is 1. The fraction of sp³-hybridized carbons (Fsp3) is 0.300. The Hall–Kier alpha value is -3.09. The van der Waals surface area contributed by atoms with Gasteiger partial charge in [0.25, 0.3) is 0 Å². The van der Waals surface area contributed by atoms with E-state index in [0.29, 0.717) is 30.2 Å². The molecule has 0 atom stereocenters. The summed E-state index contributed by atoms with van der Waals surface area (Å²) in [6.45, 7) is 1.67. The number of nitrogens with one attached hydrogen (secondary N) is 1. The van der Waals surface area contributed by atoms with E-state index in [1.807, 2.05) is 0 Å². The standard InChI is InChI=1S/C20H23FN2O4/c1-14(24)23(17-8-9-18(26-2)19(12-17)27-3)13-20(25)22-11-10-15-4-6-16(21)7-5-15/h4-9,12H,10-11,13H2,1-3H3,(H,22,25). The van der Waals surface area contributed by atoms with E-state index in [2.05, 4.69) is 5.32 Å². The fourth-order valence-corrected chi connectivity index (χ4v) is 2.57. The van der Waals surface area contributed by atoms with Gasteiger partial charge in [0.15, 0.2) is 11.5 Å². The molecule has 0 aliphatic carbocycles. The Morgan fingerprint density at radius 1 is 1.04 bits per heavy atom. The van der Waals surface area contributed by atoms with Gasteiger partial charge in [-0.2, -0.15) is 0 Å². The molecule has 2 aromatic carbocycles. The minimum atomic E-state index is -0.296. The van der Waals surface area contributed by atoms with Crippen molar-refractivity contribution in [3.8, 4) is 11.5 Å². The van der Waals surface area contributed by atoms with Gasteiger partial charge in [-0.3, -0.25) is 9.59 Å². The van der Waals surface area contributed by atoms with Crippen LogP contribution in [0.25, 0.3) is 0 Å². The van der Waals surface area contributed by atoms with Crippen molar-refractivity contribution in [2.45, 2.75) is 13.3 Å². The minimum Gasteiger partial charge on any atom is -0.493 e. The second-order valence-corrected chi connectivity index (χ2v) is 5.87. The van der Waals surface area contributed by atoms with Gasteiger partial charge < -0.3 is 19.7 Å². The Morgan fingerprint density at radius 2 is 1.70 bits per heavy atom. The molecular formula is C20H23FN2O4. The van der Waals surface area contributed by atoms with Crippen molar-refractivity contribution < 1.29 is 23.5 Å². The van der Waals surface area contributed by atoms with E-state index >= 15 is 0 Å². The molecule has 0 spiro atoms. The summed E-state index contributed by atoms with van der Waals surface area (Å²) in [4.78, 5) is 25.6. The predicted octanol–water partition coefficient (Wildman–Crippen LogP) is 2.55. The Bertz CT molecular complexity index is 793. The molecule has 0 aliphatic rings. The number of methoxy groups -OCH3 is 2. The zero-order valence-corrected chi connectivity index (χ0v) is 15.6. The van der Waals surface area contributed by atoms with Crippen molar-refractivity contribution >= 4 is 17.5 Å². The third-order valence-corrected chi connectivity index (χ3v) is 4.01. The second-order valence-electron chi connectivity index (χ2n) is 5.87. The number of anilines is 1. The first kappa shape index (κ1) is 20.2. The Morgan fingerprint density at radius 3 is 2.30 bits per heavy atom. The summed E-state index contributed by atoms with van der Waals surface area (Å²) in [5, 5.41) is 2.77. The third kappa shape index (κ3) is 5.70. The topological polar surface area (TPSA) is 67.9 Å². The third-order valence-electron chi connectivity index (χ3n) is 4.01. The van der Waals surface area contributed by atoms with Gasteiger partial charge >= 0.3 is 0 Å². The molecule has 0 aromatic heterocycles. The molecule has 0 heterocycles. The van der Waals surface area contributed by atoms with Crippen LogP contribution in [-0.4, -0.2) is 39.1 Å². The summed E-state index contributed by atoms with van der Waals surface area (Å²) in [5.41, 5.74) is 1.45. The van der Waals surface area contributed by atoms with Crippen molar-refractivity contribution in [2.24, 2.45) is 0 Å². The Labute approximate surface area is 157 Å². The van der Waals surface area contributed by atoms with Gasteiger partial charge in [-0.15, -0.1) is 0 Å². The molecule has 144 valence electrons. The molecule has 0 aliphatic heterocycles. The molecule has 6 nitrogen and oxygen atoms in total. The molecule has 27 heavy (non-hydrogen) atoms. The molecule has 0 unspecified atom stereocenters. The van der Waals surface area contributed by atoms with Crippen molar-refractivity contribution in [1.82, 2.24) is 5.32 Å². The lowest BCUT2D eigenvalue weighted by atomic mass is 10.1. The van der Waals surface area contributed by atoms with Gasteiger partial charge in [-0.1, -0.05) is 12.1 Å². The second kappa shape index (κ2) is 9.56. The number of benzene rings is 2. The summed E-state index contributed by atoms with van der Waals surface area (Å²) in [6.07, 6.45) is 0.572. The molecule has 0 saturated carbocycles. The monoisotopic (exact) mass is 374 g/mol. The Balaban J connectivity index is 1.97. The first-order valence-corrected chi connectivity index (χ1v) is 8.46. The predicted molar refractivity (Wildman–Crippen MR) is 101 cm³/mol. The first-order chi connectivity index (χ1) is 12.9. The van der Waals surface area contributed by atoms with E-state index in [-0.39, 0.29) is 24.2 Å². The lowest BCUT2D eigenvalue weighted by Crippen LogP contribution is -2.40. The van der Waals surface area contributed by atoms with E-state index in [1.165, 1.54) is 38.2 Å². The molecule has 7 heteroatoms. The van der Waals surface area contributed by atoms with E-state index in [9.17, 15) is 14.0 Å². The summed E-state index contributed by atoms with van der Waals surface area (Å²) in [5.74, 6) is 0.152. The molecule has 2 amide bonds. The van der Waals surface area contributed by atoms with Crippen LogP contribution in [0.4, 0.5) is 10.1 Å². The average Bonchev–Trinajstić information content (AvgIpc) is 2.67. The number of ether oxygens (including phenoxy) is 2. The zero-order chi connectivity index (χ0) is 19.8. The summed E-state index contributed by atoms with van der Waals surface area (Å²) >= 11 is 0. The highest BCUT2D eigenvalue weighted by Crippen LogP contribution is 2.31.